The molecule has 1 amide bonds. The lowest BCUT2D eigenvalue weighted by atomic mass is 9.83. The Morgan fingerprint density at radius 2 is 1.47 bits per heavy atom. The maximum atomic E-state index is 13.1. The Bertz CT molecular complexity index is 1230. The minimum absolute atomic E-state index is 0.135. The number of ketones is 2. The maximum absolute atomic E-state index is 13.1. The van der Waals surface area contributed by atoms with Crippen molar-refractivity contribution in [2.75, 3.05) is 38.5 Å². The Labute approximate surface area is 200 Å². The van der Waals surface area contributed by atoms with Gasteiger partial charge in [-0.05, 0) is 44.1 Å². The fourth-order valence-electron chi connectivity index (χ4n) is 4.80. The summed E-state index contributed by atoms with van der Waals surface area (Å²) >= 11 is 0. The highest BCUT2D eigenvalue weighted by Crippen LogP contribution is 2.29. The third kappa shape index (κ3) is 4.57. The smallest absolute Gasteiger partial charge is 0.253 e. The zero-order valence-electron chi connectivity index (χ0n) is 19.6. The average molecular weight is 483 g/mol. The molecule has 0 spiro atoms. The van der Waals surface area contributed by atoms with Crippen molar-refractivity contribution in [3.05, 3.63) is 70.3 Å². The summed E-state index contributed by atoms with van der Waals surface area (Å²) in [5, 5.41) is -0.439. The molecule has 1 fully saturated rings. The summed E-state index contributed by atoms with van der Waals surface area (Å²) < 4.78 is 25.6. The van der Waals surface area contributed by atoms with Crippen molar-refractivity contribution in [1.82, 2.24) is 9.80 Å². The van der Waals surface area contributed by atoms with Gasteiger partial charge in [0.15, 0.2) is 21.4 Å². The van der Waals surface area contributed by atoms with Crippen LogP contribution in [0.2, 0.25) is 0 Å². The van der Waals surface area contributed by atoms with Crippen LogP contribution in [0.1, 0.15) is 68.9 Å². The normalized spacial score (nSPS) is 16.5. The predicted octanol–water partition coefficient (Wildman–Crippen LogP) is 2.82. The third-order valence-corrected chi connectivity index (χ3v) is 9.23. The van der Waals surface area contributed by atoms with Crippen molar-refractivity contribution in [2.45, 2.75) is 31.9 Å². The number of carbonyl (C=O) groups is 3. The molecule has 0 unspecified atom stereocenters. The first-order chi connectivity index (χ1) is 16.3. The number of sulfone groups is 1. The number of rotatable bonds is 7. The number of hydrogen-bond acceptors (Lipinski definition) is 6. The lowest BCUT2D eigenvalue weighted by Gasteiger charge is -2.32. The molecule has 0 atom stereocenters. The molecule has 0 bridgehead atoms. The minimum atomic E-state index is -3.23. The summed E-state index contributed by atoms with van der Waals surface area (Å²) in [4.78, 5) is 42.6. The zero-order valence-corrected chi connectivity index (χ0v) is 20.4. The molecule has 0 N–H and O–H groups in total. The Hall–Kier alpha value is -2.84. The van der Waals surface area contributed by atoms with Gasteiger partial charge in [-0.1, -0.05) is 38.1 Å². The van der Waals surface area contributed by atoms with Crippen LogP contribution in [0.4, 0.5) is 0 Å². The molecular formula is C26H30N2O5S. The van der Waals surface area contributed by atoms with Gasteiger partial charge in [0.05, 0.1) is 11.0 Å². The topological polar surface area (TPSA) is 91.8 Å². The predicted molar refractivity (Wildman–Crippen MR) is 130 cm³/mol. The minimum Gasteiger partial charge on any atom is -0.339 e. The van der Waals surface area contributed by atoms with E-state index in [1.54, 1.807) is 41.3 Å². The molecule has 2 aliphatic rings. The summed E-state index contributed by atoms with van der Waals surface area (Å²) in [6.45, 7) is 6.90. The van der Waals surface area contributed by atoms with Gasteiger partial charge in [-0.15, -0.1) is 0 Å². The number of likely N-dealkylation sites (tertiary alicyclic amines) is 1. The molecule has 2 aromatic carbocycles. The Kier molecular flexibility index (Phi) is 7.00. The van der Waals surface area contributed by atoms with Gasteiger partial charge in [-0.25, -0.2) is 8.42 Å². The molecule has 0 saturated carbocycles. The fourth-order valence-corrected chi connectivity index (χ4v) is 6.57. The van der Waals surface area contributed by atoms with Crippen molar-refractivity contribution in [3.63, 3.8) is 0 Å². The molecule has 34 heavy (non-hydrogen) atoms. The van der Waals surface area contributed by atoms with Crippen molar-refractivity contribution in [2.24, 2.45) is 0 Å². The van der Waals surface area contributed by atoms with Crippen LogP contribution in [0.25, 0.3) is 0 Å². The monoisotopic (exact) mass is 482 g/mol. The van der Waals surface area contributed by atoms with Gasteiger partial charge in [0.1, 0.15) is 0 Å². The molecule has 1 aliphatic heterocycles. The number of fused-ring (bicyclic) bond motifs is 2. The maximum Gasteiger partial charge on any atom is 0.253 e. The lowest BCUT2D eigenvalue weighted by Crippen LogP contribution is -2.44. The average Bonchev–Trinajstić information content (AvgIpc) is 2.87. The van der Waals surface area contributed by atoms with Gasteiger partial charge in [0.2, 0.25) is 0 Å². The second-order valence-corrected chi connectivity index (χ2v) is 11.3. The van der Waals surface area contributed by atoms with E-state index in [0.717, 1.165) is 13.1 Å². The number of amides is 1. The molecule has 0 radical (unpaired) electrons. The lowest BCUT2D eigenvalue weighted by molar-refractivity contribution is 0.0725. The van der Waals surface area contributed by atoms with E-state index in [4.69, 9.17) is 0 Å². The van der Waals surface area contributed by atoms with Gasteiger partial charge in [0.25, 0.3) is 5.91 Å². The standard InChI is InChI=1S/C26H30N2O5S/c1-3-27(4-2)15-16-34(32,33)19-11-13-28(14-12-19)26(31)18-9-10-22-23(17-18)25(30)21-8-6-5-7-20(21)24(22)29/h5-10,17,19H,3-4,11-16H2,1-2H3. The molecule has 2 aromatic rings. The van der Waals surface area contributed by atoms with Crippen molar-refractivity contribution < 1.29 is 22.8 Å². The molecule has 180 valence electrons. The summed E-state index contributed by atoms with van der Waals surface area (Å²) in [7, 11) is -3.23. The first-order valence-electron chi connectivity index (χ1n) is 11.8. The molecule has 8 heteroatoms. The van der Waals surface area contributed by atoms with E-state index in [1.165, 1.54) is 6.07 Å². The Morgan fingerprint density at radius 1 is 0.912 bits per heavy atom. The van der Waals surface area contributed by atoms with Gasteiger partial charge in [-0.2, -0.15) is 0 Å². The van der Waals surface area contributed by atoms with E-state index >= 15 is 0 Å². The van der Waals surface area contributed by atoms with Crippen LogP contribution in [0.5, 0.6) is 0 Å². The number of nitrogens with zero attached hydrogens (tertiary/aromatic N) is 2. The highest BCUT2D eigenvalue weighted by atomic mass is 32.2. The van der Waals surface area contributed by atoms with Crippen LogP contribution in [-0.4, -0.2) is 79.4 Å². The van der Waals surface area contributed by atoms with Gasteiger partial charge >= 0.3 is 0 Å². The second-order valence-electron chi connectivity index (χ2n) is 8.85. The van der Waals surface area contributed by atoms with Gasteiger partial charge in [-0.3, -0.25) is 14.4 Å². The van der Waals surface area contributed by atoms with Gasteiger partial charge < -0.3 is 9.80 Å². The van der Waals surface area contributed by atoms with Crippen molar-refractivity contribution >= 4 is 27.3 Å². The first kappa shape index (κ1) is 24.3. The van der Waals surface area contributed by atoms with Crippen LogP contribution < -0.4 is 0 Å². The highest BCUT2D eigenvalue weighted by molar-refractivity contribution is 7.92. The van der Waals surface area contributed by atoms with E-state index in [0.29, 0.717) is 54.7 Å². The van der Waals surface area contributed by atoms with Crippen molar-refractivity contribution in [1.29, 1.82) is 0 Å². The summed E-state index contributed by atoms with van der Waals surface area (Å²) in [6, 6.07) is 11.3. The highest BCUT2D eigenvalue weighted by Gasteiger charge is 2.33. The molecule has 4 rings (SSSR count). The summed E-state index contributed by atoms with van der Waals surface area (Å²) in [6.07, 6.45) is 0.810. The number of carbonyl (C=O) groups excluding carboxylic acids is 3. The Balaban J connectivity index is 1.44. The van der Waals surface area contributed by atoms with E-state index in [-0.39, 0.29) is 28.8 Å². The van der Waals surface area contributed by atoms with Crippen LogP contribution in [0.15, 0.2) is 42.5 Å². The SMILES string of the molecule is CCN(CC)CCS(=O)(=O)C1CCN(C(=O)c2ccc3c(c2)C(=O)c2ccccc2C3=O)CC1. The molecule has 1 heterocycles. The third-order valence-electron chi connectivity index (χ3n) is 7.00. The van der Waals surface area contributed by atoms with E-state index in [2.05, 4.69) is 4.90 Å². The first-order valence-corrected chi connectivity index (χ1v) is 13.5. The summed E-state index contributed by atoms with van der Waals surface area (Å²) in [5.41, 5.74) is 1.60. The van der Waals surface area contributed by atoms with Crippen LogP contribution in [0.3, 0.4) is 0 Å². The molecule has 7 nitrogen and oxygen atoms in total. The van der Waals surface area contributed by atoms with Crippen LogP contribution in [0, 0.1) is 0 Å². The summed E-state index contributed by atoms with van der Waals surface area (Å²) in [5.74, 6) is -0.603. The van der Waals surface area contributed by atoms with Crippen LogP contribution >= 0.6 is 0 Å². The number of piperidine rings is 1. The van der Waals surface area contributed by atoms with E-state index < -0.39 is 15.1 Å². The van der Waals surface area contributed by atoms with Crippen LogP contribution in [-0.2, 0) is 9.84 Å². The number of hydrogen-bond donors (Lipinski definition) is 0. The van der Waals surface area contributed by atoms with Crippen molar-refractivity contribution in [3.8, 4) is 0 Å². The molecule has 1 saturated heterocycles. The van der Waals surface area contributed by atoms with E-state index in [1.807, 2.05) is 13.8 Å². The molecule has 1 aliphatic carbocycles. The largest absolute Gasteiger partial charge is 0.339 e. The second kappa shape index (κ2) is 9.80. The Morgan fingerprint density at radius 3 is 2.06 bits per heavy atom. The zero-order chi connectivity index (χ0) is 24.5. The fraction of sp³-hybridized carbons (Fsp3) is 0.423. The number of benzene rings is 2. The quantitative estimate of drug-likeness (QED) is 0.514. The molecular weight excluding hydrogens is 452 g/mol. The van der Waals surface area contributed by atoms with E-state index in [9.17, 15) is 22.8 Å². The van der Waals surface area contributed by atoms with Gasteiger partial charge in [0, 0.05) is 47.5 Å². The molecule has 0 aromatic heterocycles.